The molecule has 0 aliphatic rings. The maximum absolute atomic E-state index is 11.1. The molecule has 0 fully saturated rings. The molecular formula is C12H10N6O3. The van der Waals surface area contributed by atoms with Crippen molar-refractivity contribution in [3.63, 3.8) is 0 Å². The molecule has 0 saturated heterocycles. The fourth-order valence-corrected chi connectivity index (χ4v) is 1.60. The van der Waals surface area contributed by atoms with Gasteiger partial charge in [0, 0.05) is 0 Å². The first-order valence-electron chi connectivity index (χ1n) is 5.73. The number of aryl methyl sites for hydroxylation is 1. The quantitative estimate of drug-likeness (QED) is 0.491. The summed E-state index contributed by atoms with van der Waals surface area (Å²) in [4.78, 5) is 18.1. The van der Waals surface area contributed by atoms with E-state index in [0.29, 0.717) is 11.3 Å². The molecule has 0 amide bonds. The third-order valence-electron chi connectivity index (χ3n) is 2.54. The first kappa shape index (κ1) is 14.2. The summed E-state index contributed by atoms with van der Waals surface area (Å²) in [5.74, 6) is 5.28. The number of nitrogen functional groups attached to an aromatic ring is 1. The van der Waals surface area contributed by atoms with Crippen molar-refractivity contribution < 1.29 is 9.66 Å². The van der Waals surface area contributed by atoms with Crippen LogP contribution in [0.1, 0.15) is 11.3 Å². The van der Waals surface area contributed by atoms with Crippen molar-refractivity contribution in [1.29, 1.82) is 5.26 Å². The Morgan fingerprint density at radius 1 is 1.38 bits per heavy atom. The predicted molar refractivity (Wildman–Crippen MR) is 72.5 cm³/mol. The molecule has 0 bridgehead atoms. The van der Waals surface area contributed by atoms with Gasteiger partial charge in [-0.1, -0.05) is 0 Å². The van der Waals surface area contributed by atoms with E-state index in [-0.39, 0.29) is 23.2 Å². The van der Waals surface area contributed by atoms with Crippen LogP contribution in [0.5, 0.6) is 11.6 Å². The van der Waals surface area contributed by atoms with Crippen LogP contribution < -0.4 is 16.0 Å². The molecule has 0 radical (unpaired) electrons. The number of nitro groups is 1. The Kier molecular flexibility index (Phi) is 3.92. The minimum absolute atomic E-state index is 0.00162. The molecule has 0 saturated carbocycles. The van der Waals surface area contributed by atoms with Crippen LogP contribution in [-0.2, 0) is 0 Å². The first-order valence-corrected chi connectivity index (χ1v) is 5.73. The highest BCUT2D eigenvalue weighted by Gasteiger charge is 2.24. The zero-order chi connectivity index (χ0) is 15.4. The molecular weight excluding hydrogens is 276 g/mol. The van der Waals surface area contributed by atoms with Gasteiger partial charge in [-0.25, -0.2) is 10.8 Å². The van der Waals surface area contributed by atoms with Crippen molar-refractivity contribution in [3.8, 4) is 17.7 Å². The topological polar surface area (TPSA) is 140 Å². The van der Waals surface area contributed by atoms with Crippen molar-refractivity contribution in [3.05, 3.63) is 45.6 Å². The number of hydrogen-bond donors (Lipinski definition) is 2. The average Bonchev–Trinajstić information content (AvgIpc) is 2.47. The zero-order valence-corrected chi connectivity index (χ0v) is 10.9. The van der Waals surface area contributed by atoms with Gasteiger partial charge in [0.1, 0.15) is 11.4 Å². The van der Waals surface area contributed by atoms with E-state index in [1.54, 1.807) is 0 Å². The minimum atomic E-state index is -0.630. The van der Waals surface area contributed by atoms with Gasteiger partial charge in [0.25, 0.3) is 0 Å². The minimum Gasteiger partial charge on any atom is -0.434 e. The maximum Gasteiger partial charge on any atom is 0.352 e. The summed E-state index contributed by atoms with van der Waals surface area (Å²) in [6, 6.07) is 8.03. The van der Waals surface area contributed by atoms with Crippen LogP contribution in [0, 0.1) is 28.4 Å². The molecule has 0 aliphatic heterocycles. The lowest BCUT2D eigenvalue weighted by Crippen LogP contribution is -2.12. The number of aromatic nitrogens is 2. The molecule has 0 spiro atoms. The molecule has 1 heterocycles. The highest BCUT2D eigenvalue weighted by atomic mass is 16.6. The molecule has 0 atom stereocenters. The summed E-state index contributed by atoms with van der Waals surface area (Å²) < 4.78 is 5.40. The van der Waals surface area contributed by atoms with Gasteiger partial charge >= 0.3 is 11.6 Å². The summed E-state index contributed by atoms with van der Waals surface area (Å²) in [5.41, 5.74) is 2.42. The van der Waals surface area contributed by atoms with E-state index in [9.17, 15) is 10.1 Å². The van der Waals surface area contributed by atoms with E-state index in [1.165, 1.54) is 31.2 Å². The Morgan fingerprint density at radius 2 is 2.05 bits per heavy atom. The Labute approximate surface area is 119 Å². The SMILES string of the molecule is Cc1nc(NN)nc(Oc2ccc(C#N)cc2)c1[N+](=O)[O-]. The summed E-state index contributed by atoms with van der Waals surface area (Å²) in [7, 11) is 0. The maximum atomic E-state index is 11.1. The van der Waals surface area contributed by atoms with Gasteiger partial charge in [-0.2, -0.15) is 10.2 Å². The molecule has 9 heteroatoms. The molecule has 21 heavy (non-hydrogen) atoms. The van der Waals surface area contributed by atoms with E-state index in [2.05, 4.69) is 15.4 Å². The number of benzene rings is 1. The number of ether oxygens (including phenoxy) is 1. The number of nitrogens with one attached hydrogen (secondary N) is 1. The second kappa shape index (κ2) is 5.81. The Balaban J connectivity index is 2.43. The van der Waals surface area contributed by atoms with E-state index >= 15 is 0 Å². The molecule has 2 rings (SSSR count). The Bertz CT molecular complexity index is 723. The van der Waals surface area contributed by atoms with Crippen molar-refractivity contribution in [2.75, 3.05) is 5.43 Å². The van der Waals surface area contributed by atoms with Crippen LogP contribution in [0.2, 0.25) is 0 Å². The lowest BCUT2D eigenvalue weighted by atomic mass is 10.2. The van der Waals surface area contributed by atoms with E-state index < -0.39 is 4.92 Å². The molecule has 0 unspecified atom stereocenters. The Morgan fingerprint density at radius 3 is 2.57 bits per heavy atom. The molecule has 106 valence electrons. The number of hydrogen-bond acceptors (Lipinski definition) is 8. The molecule has 2 aromatic rings. The molecule has 1 aromatic carbocycles. The Hall–Kier alpha value is -3.25. The standard InChI is InChI=1S/C12H10N6O3/c1-7-10(18(19)20)11(16-12(15-7)17-14)21-9-4-2-8(6-13)3-5-9/h2-5H,14H2,1H3,(H,15,16,17). The number of rotatable bonds is 4. The second-order valence-corrected chi connectivity index (χ2v) is 3.93. The lowest BCUT2D eigenvalue weighted by molar-refractivity contribution is -0.386. The van der Waals surface area contributed by atoms with Crippen molar-refractivity contribution in [1.82, 2.24) is 9.97 Å². The van der Waals surface area contributed by atoms with Crippen LogP contribution in [0.4, 0.5) is 11.6 Å². The second-order valence-electron chi connectivity index (χ2n) is 3.93. The van der Waals surface area contributed by atoms with Crippen LogP contribution in [0.3, 0.4) is 0 Å². The molecule has 1 aromatic heterocycles. The van der Waals surface area contributed by atoms with Gasteiger partial charge in [-0.15, -0.1) is 0 Å². The molecule has 9 nitrogen and oxygen atoms in total. The van der Waals surface area contributed by atoms with Gasteiger partial charge in [0.15, 0.2) is 0 Å². The monoisotopic (exact) mass is 286 g/mol. The predicted octanol–water partition coefficient (Wildman–Crippen LogP) is 1.64. The number of anilines is 1. The lowest BCUT2D eigenvalue weighted by Gasteiger charge is -2.08. The number of nitrogens with zero attached hydrogens (tertiary/aromatic N) is 4. The van der Waals surface area contributed by atoms with Crippen molar-refractivity contribution in [2.45, 2.75) is 6.92 Å². The van der Waals surface area contributed by atoms with Crippen LogP contribution >= 0.6 is 0 Å². The third-order valence-corrected chi connectivity index (χ3v) is 2.54. The summed E-state index contributed by atoms with van der Waals surface area (Å²) >= 11 is 0. The van der Waals surface area contributed by atoms with Gasteiger partial charge in [-0.3, -0.25) is 15.5 Å². The number of hydrazine groups is 1. The molecule has 0 aliphatic carbocycles. The smallest absolute Gasteiger partial charge is 0.352 e. The van der Waals surface area contributed by atoms with Gasteiger partial charge in [0.05, 0.1) is 16.6 Å². The third kappa shape index (κ3) is 3.02. The highest BCUT2D eigenvalue weighted by Crippen LogP contribution is 2.32. The van der Waals surface area contributed by atoms with E-state index in [0.717, 1.165) is 0 Å². The zero-order valence-electron chi connectivity index (χ0n) is 10.9. The normalized spacial score (nSPS) is 9.76. The number of nitrogens with two attached hydrogens (primary N) is 1. The average molecular weight is 286 g/mol. The highest BCUT2D eigenvalue weighted by molar-refractivity contribution is 5.50. The largest absolute Gasteiger partial charge is 0.434 e. The van der Waals surface area contributed by atoms with Crippen LogP contribution in [0.15, 0.2) is 24.3 Å². The fraction of sp³-hybridized carbons (Fsp3) is 0.0833. The fourth-order valence-electron chi connectivity index (χ4n) is 1.60. The van der Waals surface area contributed by atoms with Crippen molar-refractivity contribution >= 4 is 11.6 Å². The van der Waals surface area contributed by atoms with Gasteiger partial charge < -0.3 is 4.74 Å². The van der Waals surface area contributed by atoms with Gasteiger partial charge in [-0.05, 0) is 31.2 Å². The number of nitriles is 1. The van der Waals surface area contributed by atoms with E-state index in [1.807, 2.05) is 6.07 Å². The van der Waals surface area contributed by atoms with Crippen LogP contribution in [0.25, 0.3) is 0 Å². The van der Waals surface area contributed by atoms with Crippen molar-refractivity contribution in [2.24, 2.45) is 5.84 Å². The first-order chi connectivity index (χ1) is 10.0. The summed E-state index contributed by atoms with van der Waals surface area (Å²) in [6.07, 6.45) is 0. The summed E-state index contributed by atoms with van der Waals surface area (Å²) in [6.45, 7) is 1.45. The van der Waals surface area contributed by atoms with Gasteiger partial charge in [0.2, 0.25) is 5.95 Å². The van der Waals surface area contributed by atoms with Crippen LogP contribution in [-0.4, -0.2) is 14.9 Å². The molecule has 3 N–H and O–H groups in total. The van der Waals surface area contributed by atoms with E-state index in [4.69, 9.17) is 15.8 Å². The summed E-state index contributed by atoms with van der Waals surface area (Å²) in [5, 5.41) is 19.8.